The second kappa shape index (κ2) is 16.6. The molecule has 3 aromatic carbocycles. The van der Waals surface area contributed by atoms with Gasteiger partial charge in [-0.15, -0.1) is 0 Å². The molecule has 0 saturated carbocycles. The van der Waals surface area contributed by atoms with Crippen molar-refractivity contribution in [3.05, 3.63) is 126 Å². The lowest BCUT2D eigenvalue weighted by molar-refractivity contribution is -0.147. The summed E-state index contributed by atoms with van der Waals surface area (Å²) in [6.45, 7) is 1.83. The molecule has 0 aliphatic rings. The number of benzene rings is 3. The fourth-order valence-corrected chi connectivity index (χ4v) is 5.29. The van der Waals surface area contributed by atoms with Crippen molar-refractivity contribution < 1.29 is 28.7 Å². The SMILES string of the molecule is CCOC(=O)[C@@H](Cc1c[nH]c2ccccc12)NC(=O)[C@@H](Cc1ccccc1)NC(=O)[C@@H](Cc1cnc[nH]1)NC(=O)OCc1ccccc1. The molecule has 0 aliphatic carbocycles. The Morgan fingerprint density at radius 1 is 0.708 bits per heavy atom. The minimum absolute atomic E-state index is 0.00971. The van der Waals surface area contributed by atoms with Gasteiger partial charge in [0, 0.05) is 48.3 Å². The summed E-state index contributed by atoms with van der Waals surface area (Å²) in [6.07, 6.45) is 4.34. The molecule has 0 spiro atoms. The molecule has 0 radical (unpaired) electrons. The number of H-pyrrole nitrogens is 2. The molecule has 5 rings (SSSR count). The van der Waals surface area contributed by atoms with Gasteiger partial charge in [-0.3, -0.25) is 9.59 Å². The van der Waals surface area contributed by atoms with Crippen LogP contribution < -0.4 is 16.0 Å². The highest BCUT2D eigenvalue weighted by atomic mass is 16.5. The van der Waals surface area contributed by atoms with Gasteiger partial charge in [0.05, 0.1) is 12.9 Å². The number of imidazole rings is 1. The number of para-hydroxylation sites is 1. The molecular weight excluding hydrogens is 612 g/mol. The largest absolute Gasteiger partial charge is 0.464 e. The summed E-state index contributed by atoms with van der Waals surface area (Å²) in [5, 5.41) is 9.18. The van der Waals surface area contributed by atoms with Crippen molar-refractivity contribution in [3.63, 3.8) is 0 Å². The lowest BCUT2D eigenvalue weighted by Gasteiger charge is -2.25. The molecule has 0 unspecified atom stereocenters. The van der Waals surface area contributed by atoms with Gasteiger partial charge in [0.25, 0.3) is 0 Å². The van der Waals surface area contributed by atoms with E-state index in [1.54, 1.807) is 19.3 Å². The van der Waals surface area contributed by atoms with Crippen LogP contribution in [0.25, 0.3) is 10.9 Å². The fourth-order valence-electron chi connectivity index (χ4n) is 5.29. The zero-order chi connectivity index (χ0) is 33.7. The van der Waals surface area contributed by atoms with E-state index in [4.69, 9.17) is 9.47 Å². The Morgan fingerprint density at radius 2 is 1.35 bits per heavy atom. The van der Waals surface area contributed by atoms with Gasteiger partial charge >= 0.3 is 12.1 Å². The number of hydrogen-bond acceptors (Lipinski definition) is 7. The normalized spacial score (nSPS) is 12.8. The number of carbonyl (C=O) groups excluding carboxylic acids is 4. The maximum Gasteiger partial charge on any atom is 0.408 e. The van der Waals surface area contributed by atoms with Crippen LogP contribution in [0, 0.1) is 0 Å². The maximum absolute atomic E-state index is 13.9. The number of nitrogens with zero attached hydrogens (tertiary/aromatic N) is 1. The first-order valence-electron chi connectivity index (χ1n) is 15.7. The van der Waals surface area contributed by atoms with Crippen molar-refractivity contribution in [2.75, 3.05) is 6.61 Å². The van der Waals surface area contributed by atoms with E-state index in [0.29, 0.717) is 5.69 Å². The quantitative estimate of drug-likeness (QED) is 0.108. The third-order valence-corrected chi connectivity index (χ3v) is 7.70. The van der Waals surface area contributed by atoms with E-state index in [1.165, 1.54) is 6.33 Å². The van der Waals surface area contributed by atoms with Crippen LogP contribution in [0.5, 0.6) is 0 Å². The minimum Gasteiger partial charge on any atom is -0.464 e. The van der Waals surface area contributed by atoms with Crippen LogP contribution in [-0.4, -0.2) is 63.6 Å². The summed E-state index contributed by atoms with van der Waals surface area (Å²) >= 11 is 0. The first-order valence-corrected chi connectivity index (χ1v) is 15.7. The van der Waals surface area contributed by atoms with Crippen molar-refractivity contribution >= 4 is 34.8 Å². The Labute approximate surface area is 277 Å². The number of rotatable bonds is 15. The van der Waals surface area contributed by atoms with Gasteiger partial charge < -0.3 is 35.4 Å². The first-order chi connectivity index (χ1) is 23.4. The van der Waals surface area contributed by atoms with Crippen LogP contribution in [0.2, 0.25) is 0 Å². The molecule has 2 heterocycles. The number of carbonyl (C=O) groups is 4. The Balaban J connectivity index is 1.34. The van der Waals surface area contributed by atoms with Crippen molar-refractivity contribution in [2.24, 2.45) is 0 Å². The van der Waals surface area contributed by atoms with Gasteiger partial charge in [-0.1, -0.05) is 78.9 Å². The van der Waals surface area contributed by atoms with Crippen LogP contribution in [0.1, 0.15) is 29.3 Å². The molecule has 5 N–H and O–H groups in total. The summed E-state index contributed by atoms with van der Waals surface area (Å²) in [6, 6.07) is 22.7. The Hall–Kier alpha value is -5.91. The highest BCUT2D eigenvalue weighted by Gasteiger charge is 2.31. The second-order valence-electron chi connectivity index (χ2n) is 11.2. The molecule has 12 nitrogen and oxygen atoms in total. The molecule has 12 heteroatoms. The van der Waals surface area contributed by atoms with Gasteiger partial charge in [-0.25, -0.2) is 14.6 Å². The van der Waals surface area contributed by atoms with Crippen LogP contribution in [0.15, 0.2) is 104 Å². The van der Waals surface area contributed by atoms with Gasteiger partial charge in [-0.2, -0.15) is 0 Å². The van der Waals surface area contributed by atoms with Crippen molar-refractivity contribution in [1.29, 1.82) is 0 Å². The van der Waals surface area contributed by atoms with Crippen LogP contribution in [0.3, 0.4) is 0 Å². The van der Waals surface area contributed by atoms with Crippen molar-refractivity contribution in [1.82, 2.24) is 30.9 Å². The van der Waals surface area contributed by atoms with Crippen LogP contribution >= 0.6 is 0 Å². The standard InChI is InChI=1S/C36H38N6O6/c1-2-47-35(45)32(18-26-20-38-29-16-10-9-15-28(26)29)41-33(43)30(17-24-11-5-3-6-12-24)40-34(44)31(19-27-21-37-23-39-27)42-36(46)48-22-25-13-7-4-8-14-25/h3-16,20-21,23,30-32,38H,2,17-19,22H2,1H3,(H,37,39)(H,40,44)(H,41,43)(H,42,46)/t30-,31-,32-/m1/s1. The van der Waals surface area contributed by atoms with Crippen LogP contribution in [0.4, 0.5) is 4.79 Å². The number of fused-ring (bicyclic) bond motifs is 1. The molecule has 48 heavy (non-hydrogen) atoms. The number of esters is 1. The van der Waals surface area contributed by atoms with E-state index in [0.717, 1.165) is 27.6 Å². The number of aromatic amines is 2. The highest BCUT2D eigenvalue weighted by molar-refractivity contribution is 5.94. The first kappa shape index (κ1) is 33.5. The van der Waals surface area contributed by atoms with E-state index in [2.05, 4.69) is 30.9 Å². The van der Waals surface area contributed by atoms with Gasteiger partial charge in [0.1, 0.15) is 24.7 Å². The lowest BCUT2D eigenvalue weighted by atomic mass is 10.0. The smallest absolute Gasteiger partial charge is 0.408 e. The zero-order valence-corrected chi connectivity index (χ0v) is 26.5. The number of hydrogen-bond donors (Lipinski definition) is 5. The van der Waals surface area contributed by atoms with Crippen molar-refractivity contribution in [2.45, 2.75) is 50.9 Å². The lowest BCUT2D eigenvalue weighted by Crippen LogP contribution is -2.57. The molecule has 248 valence electrons. The number of alkyl carbamates (subject to hydrolysis) is 1. The summed E-state index contributed by atoms with van der Waals surface area (Å²) in [7, 11) is 0. The predicted octanol–water partition coefficient (Wildman–Crippen LogP) is 3.75. The monoisotopic (exact) mass is 650 g/mol. The van der Waals surface area contributed by atoms with Gasteiger partial charge in [-0.05, 0) is 29.7 Å². The third kappa shape index (κ3) is 9.32. The van der Waals surface area contributed by atoms with Gasteiger partial charge in [0.2, 0.25) is 11.8 Å². The molecule has 0 bridgehead atoms. The number of ether oxygens (including phenoxy) is 2. The van der Waals surface area contributed by atoms with E-state index in [1.807, 2.05) is 84.9 Å². The maximum atomic E-state index is 13.9. The number of aromatic nitrogens is 3. The highest BCUT2D eigenvalue weighted by Crippen LogP contribution is 2.20. The van der Waals surface area contributed by atoms with E-state index < -0.39 is 42.0 Å². The third-order valence-electron chi connectivity index (χ3n) is 7.70. The fraction of sp³-hybridized carbons (Fsp3) is 0.250. The van der Waals surface area contributed by atoms with Crippen molar-refractivity contribution in [3.8, 4) is 0 Å². The van der Waals surface area contributed by atoms with E-state index in [9.17, 15) is 19.2 Å². The predicted molar refractivity (Wildman–Crippen MR) is 178 cm³/mol. The molecule has 3 atom stereocenters. The summed E-state index contributed by atoms with van der Waals surface area (Å²) < 4.78 is 10.7. The Morgan fingerprint density at radius 3 is 2.04 bits per heavy atom. The number of amides is 3. The second-order valence-corrected chi connectivity index (χ2v) is 11.2. The molecule has 0 saturated heterocycles. The molecule has 3 amide bonds. The minimum atomic E-state index is -1.12. The zero-order valence-electron chi connectivity index (χ0n) is 26.5. The summed E-state index contributed by atoms with van der Waals surface area (Å²) in [5.74, 6) is -1.81. The Bertz CT molecular complexity index is 1790. The molecule has 2 aromatic heterocycles. The average Bonchev–Trinajstić information content (AvgIpc) is 3.77. The van der Waals surface area contributed by atoms with Crippen LogP contribution in [-0.2, 0) is 49.7 Å². The molecule has 5 aromatic rings. The van der Waals surface area contributed by atoms with E-state index >= 15 is 0 Å². The molecule has 0 fully saturated rings. The van der Waals surface area contributed by atoms with E-state index in [-0.39, 0.29) is 32.5 Å². The average molecular weight is 651 g/mol. The summed E-state index contributed by atoms with van der Waals surface area (Å²) in [5.41, 5.74) is 3.87. The summed E-state index contributed by atoms with van der Waals surface area (Å²) in [4.78, 5) is 63.8. The topological polar surface area (TPSA) is 167 Å². The Kier molecular flexibility index (Phi) is 11.6. The number of nitrogens with one attached hydrogen (secondary N) is 5. The molecule has 0 aliphatic heterocycles. The van der Waals surface area contributed by atoms with Gasteiger partial charge in [0.15, 0.2) is 0 Å². The molecular formula is C36H38N6O6.